The number of hydrogen-bond donors (Lipinski definition) is 1. The van der Waals surface area contributed by atoms with Gasteiger partial charge in [-0.1, -0.05) is 12.8 Å². The number of piperidine rings is 1. The van der Waals surface area contributed by atoms with Crippen LogP contribution in [0.3, 0.4) is 0 Å². The molecule has 1 aliphatic heterocycles. The predicted molar refractivity (Wildman–Crippen MR) is 50.2 cm³/mol. The van der Waals surface area contributed by atoms with Crippen molar-refractivity contribution in [3.05, 3.63) is 0 Å². The molecule has 0 spiro atoms. The molecule has 0 radical (unpaired) electrons. The second kappa shape index (κ2) is 4.32. The van der Waals surface area contributed by atoms with Gasteiger partial charge in [-0.2, -0.15) is 0 Å². The highest BCUT2D eigenvalue weighted by atomic mass is 35.5. The Morgan fingerprint density at radius 1 is 0.909 bits per heavy atom. The minimum absolute atomic E-state index is 0. The van der Waals surface area contributed by atoms with Crippen molar-refractivity contribution < 1.29 is 0 Å². The average Bonchev–Trinajstić information content (AvgIpc) is 2.74. The highest BCUT2D eigenvalue weighted by Crippen LogP contribution is 2.37. The van der Waals surface area contributed by atoms with Gasteiger partial charge in [0.25, 0.3) is 0 Å². The van der Waals surface area contributed by atoms with Crippen molar-refractivity contribution >= 4 is 12.4 Å². The van der Waals surface area contributed by atoms with Crippen LogP contribution < -0.4 is 5.32 Å². The first-order valence-electron chi connectivity index (χ1n) is 4.66. The molecule has 2 aliphatic rings. The Bertz CT molecular complexity index is 106. The number of halogens is 1. The van der Waals surface area contributed by atoms with E-state index in [1.807, 2.05) is 0 Å². The van der Waals surface area contributed by atoms with Gasteiger partial charge in [-0.25, -0.2) is 0 Å². The molecule has 11 heavy (non-hydrogen) atoms. The normalized spacial score (nSPS) is 26.2. The van der Waals surface area contributed by atoms with E-state index in [2.05, 4.69) is 5.32 Å². The van der Waals surface area contributed by atoms with E-state index in [9.17, 15) is 0 Å². The molecule has 2 fully saturated rings. The molecule has 0 aromatic carbocycles. The van der Waals surface area contributed by atoms with Gasteiger partial charge in [0.05, 0.1) is 0 Å². The fourth-order valence-corrected chi connectivity index (χ4v) is 1.94. The lowest BCUT2D eigenvalue weighted by Crippen LogP contribution is -2.27. The summed E-state index contributed by atoms with van der Waals surface area (Å²) in [5.41, 5.74) is 0. The van der Waals surface area contributed by atoms with Gasteiger partial charge in [0.1, 0.15) is 0 Å². The van der Waals surface area contributed by atoms with Gasteiger partial charge in [0, 0.05) is 0 Å². The van der Waals surface area contributed by atoms with E-state index in [1.54, 1.807) is 6.42 Å². The molecule has 1 aliphatic carbocycles. The molecule has 0 aromatic heterocycles. The monoisotopic (exact) mass is 175 g/mol. The maximum absolute atomic E-state index is 3.41. The molecule has 0 atom stereocenters. The van der Waals surface area contributed by atoms with Crippen molar-refractivity contribution in [3.63, 3.8) is 0 Å². The molecule has 1 heterocycles. The van der Waals surface area contributed by atoms with Crippen LogP contribution in [0.5, 0.6) is 0 Å². The molecule has 0 aromatic rings. The van der Waals surface area contributed by atoms with Crippen LogP contribution in [0.2, 0.25) is 0 Å². The molecule has 1 saturated carbocycles. The molecule has 1 nitrogen and oxygen atoms in total. The van der Waals surface area contributed by atoms with Crippen molar-refractivity contribution in [2.75, 3.05) is 13.1 Å². The van der Waals surface area contributed by atoms with E-state index >= 15 is 0 Å². The van der Waals surface area contributed by atoms with Crippen LogP contribution >= 0.6 is 12.4 Å². The molecule has 2 rings (SSSR count). The lowest BCUT2D eigenvalue weighted by atomic mass is 9.93. The summed E-state index contributed by atoms with van der Waals surface area (Å²) in [6, 6.07) is 0. The maximum Gasteiger partial charge on any atom is -0.00463 e. The van der Waals surface area contributed by atoms with Crippen LogP contribution in [0, 0.1) is 11.8 Å². The van der Waals surface area contributed by atoms with Crippen molar-refractivity contribution in [1.29, 1.82) is 0 Å². The molecule has 0 amide bonds. The van der Waals surface area contributed by atoms with Crippen LogP contribution in [-0.2, 0) is 0 Å². The van der Waals surface area contributed by atoms with Crippen LogP contribution in [-0.4, -0.2) is 13.1 Å². The second-order valence-electron chi connectivity index (χ2n) is 3.87. The van der Waals surface area contributed by atoms with Gasteiger partial charge < -0.3 is 5.32 Å². The topological polar surface area (TPSA) is 12.0 Å². The first-order chi connectivity index (χ1) is 4.95. The van der Waals surface area contributed by atoms with Crippen molar-refractivity contribution in [3.8, 4) is 0 Å². The molecular weight excluding hydrogens is 158 g/mol. The van der Waals surface area contributed by atoms with Gasteiger partial charge >= 0.3 is 0 Å². The largest absolute Gasteiger partial charge is 0.317 e. The molecule has 1 saturated heterocycles. The summed E-state index contributed by atoms with van der Waals surface area (Å²) in [5, 5.41) is 3.41. The van der Waals surface area contributed by atoms with E-state index < -0.39 is 0 Å². The summed E-state index contributed by atoms with van der Waals surface area (Å²) in [7, 11) is 0. The zero-order valence-corrected chi connectivity index (χ0v) is 7.83. The summed E-state index contributed by atoms with van der Waals surface area (Å²) in [6.45, 7) is 2.55. The number of rotatable bonds is 2. The molecule has 66 valence electrons. The third-order valence-corrected chi connectivity index (χ3v) is 2.82. The number of hydrogen-bond acceptors (Lipinski definition) is 1. The fraction of sp³-hybridized carbons (Fsp3) is 1.00. The third kappa shape index (κ3) is 3.00. The van der Waals surface area contributed by atoms with E-state index in [1.165, 1.54) is 38.8 Å². The Kier molecular flexibility index (Phi) is 3.67. The Morgan fingerprint density at radius 3 is 2.00 bits per heavy atom. The van der Waals surface area contributed by atoms with E-state index in [4.69, 9.17) is 0 Å². The summed E-state index contributed by atoms with van der Waals surface area (Å²) in [6.07, 6.45) is 7.49. The van der Waals surface area contributed by atoms with Crippen molar-refractivity contribution in [2.24, 2.45) is 11.8 Å². The van der Waals surface area contributed by atoms with Gasteiger partial charge in [-0.15, -0.1) is 12.4 Å². The van der Waals surface area contributed by atoms with Gasteiger partial charge in [-0.3, -0.25) is 0 Å². The first-order valence-corrected chi connectivity index (χ1v) is 4.66. The van der Waals surface area contributed by atoms with Crippen LogP contribution in [0.1, 0.15) is 32.1 Å². The highest BCUT2D eigenvalue weighted by molar-refractivity contribution is 5.85. The van der Waals surface area contributed by atoms with Crippen LogP contribution in [0.4, 0.5) is 0 Å². The molecule has 2 heteroatoms. The minimum Gasteiger partial charge on any atom is -0.317 e. The summed E-state index contributed by atoms with van der Waals surface area (Å²) in [4.78, 5) is 0. The van der Waals surface area contributed by atoms with Crippen LogP contribution in [0.25, 0.3) is 0 Å². The Balaban J connectivity index is 0.000000605. The van der Waals surface area contributed by atoms with E-state index in [0.717, 1.165) is 11.8 Å². The quantitative estimate of drug-likeness (QED) is 0.679. The SMILES string of the molecule is C1CC(CC2CC2)CCN1.Cl. The molecule has 1 N–H and O–H groups in total. The molecule has 0 bridgehead atoms. The Hall–Kier alpha value is 0.250. The zero-order chi connectivity index (χ0) is 6.81. The van der Waals surface area contributed by atoms with E-state index in [-0.39, 0.29) is 12.4 Å². The Labute approximate surface area is 75.4 Å². The molecular formula is C9H18ClN. The second-order valence-corrected chi connectivity index (χ2v) is 3.87. The number of nitrogens with one attached hydrogen (secondary N) is 1. The van der Waals surface area contributed by atoms with Crippen molar-refractivity contribution in [1.82, 2.24) is 5.32 Å². The summed E-state index contributed by atoms with van der Waals surface area (Å²) >= 11 is 0. The predicted octanol–water partition coefficient (Wildman–Crippen LogP) is 2.21. The third-order valence-electron chi connectivity index (χ3n) is 2.82. The average molecular weight is 176 g/mol. The highest BCUT2D eigenvalue weighted by Gasteiger charge is 2.25. The smallest absolute Gasteiger partial charge is 0.00463 e. The minimum atomic E-state index is 0. The van der Waals surface area contributed by atoms with Gasteiger partial charge in [0.2, 0.25) is 0 Å². The maximum atomic E-state index is 3.41. The van der Waals surface area contributed by atoms with E-state index in [0.29, 0.717) is 0 Å². The van der Waals surface area contributed by atoms with Crippen LogP contribution in [0.15, 0.2) is 0 Å². The fourth-order valence-electron chi connectivity index (χ4n) is 1.94. The summed E-state index contributed by atoms with van der Waals surface area (Å²) in [5.74, 6) is 2.22. The lowest BCUT2D eigenvalue weighted by molar-refractivity contribution is 0.340. The lowest BCUT2D eigenvalue weighted by Gasteiger charge is -2.22. The first kappa shape index (κ1) is 9.34. The summed E-state index contributed by atoms with van der Waals surface area (Å²) < 4.78 is 0. The van der Waals surface area contributed by atoms with Crippen molar-refractivity contribution in [2.45, 2.75) is 32.1 Å². The zero-order valence-electron chi connectivity index (χ0n) is 7.01. The van der Waals surface area contributed by atoms with Gasteiger partial charge in [0.15, 0.2) is 0 Å². The van der Waals surface area contributed by atoms with Gasteiger partial charge in [-0.05, 0) is 44.2 Å². The Morgan fingerprint density at radius 2 is 1.45 bits per heavy atom. The molecule has 0 unspecified atom stereocenters. The standard InChI is InChI=1S/C9H17N.ClH/c1-2-8(1)7-9-3-5-10-6-4-9;/h8-10H,1-7H2;1H.